The maximum absolute atomic E-state index is 5.84. The van der Waals surface area contributed by atoms with Gasteiger partial charge in [0.1, 0.15) is 0 Å². The number of hydrogen-bond acceptors (Lipinski definition) is 8. The van der Waals surface area contributed by atoms with E-state index in [1.165, 1.54) is 122 Å². The summed E-state index contributed by atoms with van der Waals surface area (Å²) in [5, 5.41) is 0. The molecule has 0 N–H and O–H groups in total. The molecule has 4 aliphatic rings. The molecule has 0 bridgehead atoms. The standard InChI is InChI=1S/C22H42O4.C15H28O4/c1-2-3-4-10-13-16-21-19-23-25-22(26-24-20-21)17-14-11-8-6-5-7-9-12-15-18-22;1-2-4-6-8-11-15(12-9-7-5-3-1)18-16-13-10-14-17-19-15/h21H,2-20H2,1H3;1-14H2. The number of unbranched alkanes of at least 4 members (excludes halogenated alkanes) is 4. The van der Waals surface area contributed by atoms with Crippen molar-refractivity contribution in [2.75, 3.05) is 26.4 Å². The average Bonchev–Trinajstić information content (AvgIpc) is 3.01. The van der Waals surface area contributed by atoms with Gasteiger partial charge in [-0.25, -0.2) is 19.6 Å². The topological polar surface area (TPSA) is 73.8 Å². The summed E-state index contributed by atoms with van der Waals surface area (Å²) in [6, 6.07) is 0. The molecule has 266 valence electrons. The second-order valence-electron chi connectivity index (χ2n) is 14.2. The summed E-state index contributed by atoms with van der Waals surface area (Å²) in [7, 11) is 0. The Morgan fingerprint density at radius 3 is 1.16 bits per heavy atom. The second kappa shape index (κ2) is 25.7. The van der Waals surface area contributed by atoms with Crippen molar-refractivity contribution in [3.8, 4) is 0 Å². The largest absolute Gasteiger partial charge is 0.234 e. The molecule has 2 aliphatic carbocycles. The van der Waals surface area contributed by atoms with Gasteiger partial charge < -0.3 is 0 Å². The molecule has 4 rings (SSSR count). The third kappa shape index (κ3) is 18.1. The van der Waals surface area contributed by atoms with Crippen LogP contribution in [0.5, 0.6) is 0 Å². The van der Waals surface area contributed by atoms with Gasteiger partial charge in [-0.05, 0) is 32.1 Å². The molecular formula is C37H70O8. The highest BCUT2D eigenvalue weighted by Crippen LogP contribution is 2.33. The molecule has 0 aromatic rings. The van der Waals surface area contributed by atoms with Gasteiger partial charge in [0, 0.05) is 38.0 Å². The molecular weight excluding hydrogens is 572 g/mol. The van der Waals surface area contributed by atoms with Crippen molar-refractivity contribution in [2.24, 2.45) is 5.92 Å². The molecule has 0 unspecified atom stereocenters. The molecule has 8 nitrogen and oxygen atoms in total. The predicted molar refractivity (Wildman–Crippen MR) is 177 cm³/mol. The molecule has 0 amide bonds. The molecule has 0 radical (unpaired) electrons. The molecule has 45 heavy (non-hydrogen) atoms. The summed E-state index contributed by atoms with van der Waals surface area (Å²) in [5.74, 6) is -0.981. The van der Waals surface area contributed by atoms with Gasteiger partial charge in [0.15, 0.2) is 0 Å². The first-order valence-electron chi connectivity index (χ1n) is 19.5. The summed E-state index contributed by atoms with van der Waals surface area (Å²) in [5.41, 5.74) is 0. The molecule has 0 atom stereocenters. The Labute approximate surface area is 275 Å². The molecule has 4 fully saturated rings. The molecule has 2 heterocycles. The quantitative estimate of drug-likeness (QED) is 0.209. The van der Waals surface area contributed by atoms with Crippen molar-refractivity contribution in [1.82, 2.24) is 0 Å². The molecule has 0 aromatic heterocycles. The highest BCUT2D eigenvalue weighted by Gasteiger charge is 2.37. The van der Waals surface area contributed by atoms with Crippen molar-refractivity contribution in [3.05, 3.63) is 0 Å². The van der Waals surface area contributed by atoms with E-state index < -0.39 is 11.6 Å². The van der Waals surface area contributed by atoms with Crippen LogP contribution in [0.3, 0.4) is 0 Å². The van der Waals surface area contributed by atoms with E-state index in [9.17, 15) is 0 Å². The van der Waals surface area contributed by atoms with Crippen LogP contribution in [0.1, 0.15) is 193 Å². The van der Waals surface area contributed by atoms with Crippen LogP contribution in [-0.4, -0.2) is 38.0 Å². The minimum atomic E-state index is -0.689. The van der Waals surface area contributed by atoms with Crippen LogP contribution < -0.4 is 0 Å². The van der Waals surface area contributed by atoms with Crippen LogP contribution in [0.2, 0.25) is 0 Å². The van der Waals surface area contributed by atoms with Crippen molar-refractivity contribution in [2.45, 2.75) is 205 Å². The first-order chi connectivity index (χ1) is 22.3. The Balaban J connectivity index is 0.000000257. The van der Waals surface area contributed by atoms with Crippen molar-refractivity contribution in [1.29, 1.82) is 0 Å². The Bertz CT molecular complexity index is 631. The zero-order valence-corrected chi connectivity index (χ0v) is 29.2. The van der Waals surface area contributed by atoms with Crippen LogP contribution >= 0.6 is 0 Å². The van der Waals surface area contributed by atoms with Crippen molar-refractivity contribution >= 4 is 0 Å². The van der Waals surface area contributed by atoms with Gasteiger partial charge in [0.25, 0.3) is 0 Å². The SMILES string of the molecule is C1CCCCCC2(CCCCC1)OOCCCOO2.CCCCCCCC1COOC2(CCCCCCCCCCC2)OOC1. The second-order valence-corrected chi connectivity index (χ2v) is 14.2. The fourth-order valence-corrected chi connectivity index (χ4v) is 6.86. The first kappa shape index (κ1) is 39.1. The molecule has 2 saturated carbocycles. The van der Waals surface area contributed by atoms with E-state index in [1.54, 1.807) is 0 Å². The summed E-state index contributed by atoms with van der Waals surface area (Å²) < 4.78 is 0. The van der Waals surface area contributed by atoms with E-state index in [2.05, 4.69) is 6.92 Å². The zero-order valence-electron chi connectivity index (χ0n) is 29.2. The maximum atomic E-state index is 5.84. The number of rotatable bonds is 6. The fraction of sp³-hybridized carbons (Fsp3) is 1.00. The predicted octanol–water partition coefficient (Wildman–Crippen LogP) is 11.2. The lowest BCUT2D eigenvalue weighted by Crippen LogP contribution is -2.40. The maximum Gasteiger partial charge on any atom is 0.233 e. The van der Waals surface area contributed by atoms with E-state index in [-0.39, 0.29) is 0 Å². The van der Waals surface area contributed by atoms with Crippen LogP contribution in [0.15, 0.2) is 0 Å². The van der Waals surface area contributed by atoms with Crippen LogP contribution in [0, 0.1) is 5.92 Å². The first-order valence-corrected chi connectivity index (χ1v) is 19.5. The molecule has 2 spiro atoms. The Morgan fingerprint density at radius 1 is 0.400 bits per heavy atom. The van der Waals surface area contributed by atoms with Crippen molar-refractivity contribution < 1.29 is 39.1 Å². The lowest BCUT2D eigenvalue weighted by molar-refractivity contribution is -0.531. The fourth-order valence-electron chi connectivity index (χ4n) is 6.86. The normalized spacial score (nSPS) is 25.8. The molecule has 2 aliphatic heterocycles. The van der Waals surface area contributed by atoms with Gasteiger partial charge in [-0.15, -0.1) is 0 Å². The summed E-state index contributed by atoms with van der Waals surface area (Å²) in [4.78, 5) is 44.8. The highest BCUT2D eigenvalue weighted by atomic mass is 17.3. The minimum absolute atomic E-state index is 0.375. The van der Waals surface area contributed by atoms with E-state index >= 15 is 0 Å². The third-order valence-corrected chi connectivity index (χ3v) is 9.85. The average molecular weight is 643 g/mol. The Kier molecular flexibility index (Phi) is 22.3. The van der Waals surface area contributed by atoms with E-state index in [0.29, 0.717) is 32.3 Å². The molecule has 2 saturated heterocycles. The smallest absolute Gasteiger partial charge is 0.233 e. The van der Waals surface area contributed by atoms with Gasteiger partial charge in [-0.1, -0.05) is 129 Å². The summed E-state index contributed by atoms with van der Waals surface area (Å²) in [6.07, 6.45) is 34.9. The number of hydrogen-bond donors (Lipinski definition) is 0. The zero-order chi connectivity index (χ0) is 31.6. The van der Waals surface area contributed by atoms with Crippen molar-refractivity contribution in [3.63, 3.8) is 0 Å². The van der Waals surface area contributed by atoms with Gasteiger partial charge in [-0.2, -0.15) is 19.6 Å². The minimum Gasteiger partial charge on any atom is -0.234 e. The molecule has 0 aromatic carbocycles. The Hall–Kier alpha value is -0.320. The highest BCUT2D eigenvalue weighted by molar-refractivity contribution is 4.71. The van der Waals surface area contributed by atoms with Gasteiger partial charge in [0.05, 0.1) is 26.4 Å². The Morgan fingerprint density at radius 2 is 0.756 bits per heavy atom. The van der Waals surface area contributed by atoms with Crippen LogP contribution in [0.25, 0.3) is 0 Å². The van der Waals surface area contributed by atoms with E-state index in [0.717, 1.165) is 64.2 Å². The third-order valence-electron chi connectivity index (χ3n) is 9.85. The summed E-state index contributed by atoms with van der Waals surface area (Å²) >= 11 is 0. The monoisotopic (exact) mass is 643 g/mol. The lowest BCUT2D eigenvalue weighted by atomic mass is 9.97. The van der Waals surface area contributed by atoms with Crippen LogP contribution in [0.4, 0.5) is 0 Å². The summed E-state index contributed by atoms with van der Waals surface area (Å²) in [6.45, 7) is 4.68. The van der Waals surface area contributed by atoms with E-state index in [1.807, 2.05) is 0 Å². The van der Waals surface area contributed by atoms with Gasteiger partial charge >= 0.3 is 0 Å². The van der Waals surface area contributed by atoms with E-state index in [4.69, 9.17) is 39.1 Å². The van der Waals surface area contributed by atoms with Crippen LogP contribution in [-0.2, 0) is 39.1 Å². The van der Waals surface area contributed by atoms with Gasteiger partial charge in [0.2, 0.25) is 11.6 Å². The lowest BCUT2D eigenvalue weighted by Gasteiger charge is -2.34. The van der Waals surface area contributed by atoms with Gasteiger partial charge in [-0.3, -0.25) is 0 Å². The molecule has 8 heteroatoms.